The summed E-state index contributed by atoms with van der Waals surface area (Å²) in [4.78, 5) is 19.5. The summed E-state index contributed by atoms with van der Waals surface area (Å²) in [5.41, 5.74) is 10.3. The Bertz CT molecular complexity index is 817. The van der Waals surface area contributed by atoms with E-state index in [4.69, 9.17) is 5.73 Å². The number of piperazine rings is 1. The van der Waals surface area contributed by atoms with Crippen molar-refractivity contribution < 1.29 is 4.79 Å². The molecular weight excluding hydrogens is 360 g/mol. The molecular formula is C24H32N4O. The number of carbonyl (C=O) groups excluding carboxylic acids is 1. The minimum Gasteiger partial charge on any atom is -0.339 e. The van der Waals surface area contributed by atoms with E-state index in [0.717, 1.165) is 45.8 Å². The van der Waals surface area contributed by atoms with E-state index in [1.165, 1.54) is 16.7 Å². The van der Waals surface area contributed by atoms with Gasteiger partial charge in [-0.2, -0.15) is 0 Å². The number of nitrogens with two attached hydrogens (primary N) is 1. The molecule has 2 heterocycles. The summed E-state index contributed by atoms with van der Waals surface area (Å²) >= 11 is 0. The summed E-state index contributed by atoms with van der Waals surface area (Å²) < 4.78 is 0. The fourth-order valence-corrected chi connectivity index (χ4v) is 4.61. The molecule has 2 N–H and O–H groups in total. The number of aryl methyl sites for hydroxylation is 1. The highest BCUT2D eigenvalue weighted by Crippen LogP contribution is 2.26. The lowest BCUT2D eigenvalue weighted by molar-refractivity contribution is -0.134. The van der Waals surface area contributed by atoms with E-state index in [-0.39, 0.29) is 11.9 Å². The molecule has 2 aromatic rings. The zero-order valence-corrected chi connectivity index (χ0v) is 17.3. The van der Waals surface area contributed by atoms with Crippen molar-refractivity contribution in [3.8, 4) is 0 Å². The molecule has 5 heteroatoms. The van der Waals surface area contributed by atoms with Gasteiger partial charge in [-0.25, -0.2) is 0 Å². The molecule has 0 radical (unpaired) electrons. The maximum absolute atomic E-state index is 12.8. The van der Waals surface area contributed by atoms with Crippen LogP contribution >= 0.6 is 0 Å². The topological polar surface area (TPSA) is 52.8 Å². The van der Waals surface area contributed by atoms with Crippen molar-refractivity contribution in [2.24, 2.45) is 5.73 Å². The molecule has 0 aromatic heterocycles. The first-order chi connectivity index (χ1) is 14.1. The Morgan fingerprint density at radius 2 is 1.72 bits per heavy atom. The number of nitrogens with zero attached hydrogens (tertiary/aromatic N) is 3. The quantitative estimate of drug-likeness (QED) is 0.846. The van der Waals surface area contributed by atoms with Crippen molar-refractivity contribution >= 4 is 5.91 Å². The Morgan fingerprint density at radius 1 is 0.966 bits per heavy atom. The van der Waals surface area contributed by atoms with E-state index in [1.807, 2.05) is 11.0 Å². The normalized spacial score (nSPS) is 23.4. The van der Waals surface area contributed by atoms with Gasteiger partial charge < -0.3 is 10.6 Å². The lowest BCUT2D eigenvalue weighted by Crippen LogP contribution is -2.50. The Balaban J connectivity index is 1.25. The lowest BCUT2D eigenvalue weighted by Gasteiger charge is -2.35. The second kappa shape index (κ2) is 9.08. The first kappa shape index (κ1) is 20.1. The number of carbonyl (C=O) groups is 1. The summed E-state index contributed by atoms with van der Waals surface area (Å²) in [5.74, 6) is 0.552. The van der Waals surface area contributed by atoms with Crippen LogP contribution in [-0.4, -0.2) is 72.5 Å². The van der Waals surface area contributed by atoms with E-state index >= 15 is 0 Å². The largest absolute Gasteiger partial charge is 0.339 e. The maximum Gasteiger partial charge on any atom is 0.236 e. The van der Waals surface area contributed by atoms with Crippen LogP contribution in [0.1, 0.15) is 22.6 Å². The van der Waals surface area contributed by atoms with Crippen LogP contribution in [0.4, 0.5) is 0 Å². The van der Waals surface area contributed by atoms with E-state index in [0.29, 0.717) is 12.5 Å². The van der Waals surface area contributed by atoms with Gasteiger partial charge in [0.15, 0.2) is 0 Å². The van der Waals surface area contributed by atoms with Gasteiger partial charge in [-0.15, -0.1) is 0 Å². The number of benzene rings is 2. The zero-order chi connectivity index (χ0) is 20.2. The van der Waals surface area contributed by atoms with E-state index in [9.17, 15) is 4.79 Å². The summed E-state index contributed by atoms with van der Waals surface area (Å²) in [7, 11) is 0. The average molecular weight is 393 g/mol. The van der Waals surface area contributed by atoms with Crippen LogP contribution in [0.25, 0.3) is 0 Å². The smallest absolute Gasteiger partial charge is 0.236 e. The number of hydrogen-bond donors (Lipinski definition) is 1. The van der Waals surface area contributed by atoms with Crippen LogP contribution in [-0.2, 0) is 11.3 Å². The van der Waals surface area contributed by atoms with E-state index in [2.05, 4.69) is 65.3 Å². The summed E-state index contributed by atoms with van der Waals surface area (Å²) in [6.45, 7) is 8.73. The van der Waals surface area contributed by atoms with Crippen LogP contribution in [0.5, 0.6) is 0 Å². The van der Waals surface area contributed by atoms with E-state index in [1.54, 1.807) is 0 Å². The molecule has 0 spiro atoms. The SMILES string of the molecule is Cc1cccc(CN2CCN(C(=O)CN3C[C@@H](N)[C@H](c4ccccc4)C3)CC2)c1. The average Bonchev–Trinajstić information content (AvgIpc) is 3.09. The Hall–Kier alpha value is -2.21. The fraction of sp³-hybridized carbons (Fsp3) is 0.458. The van der Waals surface area contributed by atoms with Crippen LogP contribution in [0.15, 0.2) is 54.6 Å². The molecule has 5 nitrogen and oxygen atoms in total. The highest BCUT2D eigenvalue weighted by Gasteiger charge is 2.33. The molecule has 1 amide bonds. The first-order valence-electron chi connectivity index (χ1n) is 10.7. The summed E-state index contributed by atoms with van der Waals surface area (Å²) in [5, 5.41) is 0. The van der Waals surface area contributed by atoms with Crippen molar-refractivity contribution in [2.45, 2.75) is 25.4 Å². The number of rotatable bonds is 5. The van der Waals surface area contributed by atoms with Crippen molar-refractivity contribution in [1.82, 2.24) is 14.7 Å². The highest BCUT2D eigenvalue weighted by molar-refractivity contribution is 5.78. The number of amides is 1. The molecule has 2 fully saturated rings. The molecule has 2 aliphatic rings. The van der Waals surface area contributed by atoms with Crippen LogP contribution in [0.3, 0.4) is 0 Å². The van der Waals surface area contributed by atoms with Crippen molar-refractivity contribution in [2.75, 3.05) is 45.8 Å². The third-order valence-corrected chi connectivity index (χ3v) is 6.24. The standard InChI is InChI=1S/C24H32N4O/c1-19-6-5-7-20(14-19)15-26-10-12-28(13-11-26)24(29)18-27-16-22(23(25)17-27)21-8-3-2-4-9-21/h2-9,14,22-23H,10-13,15-18,25H2,1H3/t22-,23+/m0/s1. The molecule has 0 unspecified atom stereocenters. The second-order valence-corrected chi connectivity index (χ2v) is 8.52. The van der Waals surface area contributed by atoms with Gasteiger partial charge in [0.1, 0.15) is 0 Å². The van der Waals surface area contributed by atoms with Gasteiger partial charge in [0.2, 0.25) is 5.91 Å². The van der Waals surface area contributed by atoms with Crippen molar-refractivity contribution in [3.05, 3.63) is 71.3 Å². The van der Waals surface area contributed by atoms with Crippen molar-refractivity contribution in [3.63, 3.8) is 0 Å². The molecule has 4 rings (SSSR count). The molecule has 0 saturated carbocycles. The van der Waals surface area contributed by atoms with Crippen LogP contribution in [0, 0.1) is 6.92 Å². The van der Waals surface area contributed by atoms with Crippen LogP contribution in [0.2, 0.25) is 0 Å². The van der Waals surface area contributed by atoms with Gasteiger partial charge in [0, 0.05) is 57.8 Å². The minimum atomic E-state index is 0.0939. The third kappa shape index (κ3) is 5.04. The second-order valence-electron chi connectivity index (χ2n) is 8.52. The Kier molecular flexibility index (Phi) is 6.28. The predicted octanol–water partition coefficient (Wildman–Crippen LogP) is 2.07. The molecule has 2 aromatic carbocycles. The summed E-state index contributed by atoms with van der Waals surface area (Å²) in [6.07, 6.45) is 0. The zero-order valence-electron chi connectivity index (χ0n) is 17.3. The predicted molar refractivity (Wildman–Crippen MR) is 117 cm³/mol. The molecule has 2 aliphatic heterocycles. The van der Waals surface area contributed by atoms with Gasteiger partial charge in [-0.05, 0) is 18.1 Å². The molecule has 29 heavy (non-hydrogen) atoms. The molecule has 2 saturated heterocycles. The number of hydrogen-bond acceptors (Lipinski definition) is 4. The Morgan fingerprint density at radius 3 is 2.45 bits per heavy atom. The van der Waals surface area contributed by atoms with Gasteiger partial charge in [-0.1, -0.05) is 60.2 Å². The fourth-order valence-electron chi connectivity index (χ4n) is 4.61. The van der Waals surface area contributed by atoms with Gasteiger partial charge in [0.25, 0.3) is 0 Å². The van der Waals surface area contributed by atoms with Gasteiger partial charge in [0.05, 0.1) is 6.54 Å². The number of likely N-dealkylation sites (tertiary alicyclic amines) is 1. The van der Waals surface area contributed by atoms with Crippen LogP contribution < -0.4 is 5.73 Å². The monoisotopic (exact) mass is 392 g/mol. The van der Waals surface area contributed by atoms with E-state index < -0.39 is 0 Å². The minimum absolute atomic E-state index is 0.0939. The maximum atomic E-state index is 12.8. The first-order valence-corrected chi connectivity index (χ1v) is 10.7. The molecule has 0 bridgehead atoms. The molecule has 154 valence electrons. The highest BCUT2D eigenvalue weighted by atomic mass is 16.2. The van der Waals surface area contributed by atoms with Gasteiger partial charge >= 0.3 is 0 Å². The Labute approximate surface area is 174 Å². The summed E-state index contributed by atoms with van der Waals surface area (Å²) in [6, 6.07) is 19.2. The lowest BCUT2D eigenvalue weighted by atomic mass is 9.95. The molecule has 2 atom stereocenters. The third-order valence-electron chi connectivity index (χ3n) is 6.24. The molecule has 0 aliphatic carbocycles. The van der Waals surface area contributed by atoms with Gasteiger partial charge in [-0.3, -0.25) is 14.6 Å². The van der Waals surface area contributed by atoms with Crippen molar-refractivity contribution in [1.29, 1.82) is 0 Å².